The summed E-state index contributed by atoms with van der Waals surface area (Å²) in [7, 11) is 1.55. The van der Waals surface area contributed by atoms with E-state index in [9.17, 15) is 9.90 Å². The fourth-order valence-electron chi connectivity index (χ4n) is 2.64. The van der Waals surface area contributed by atoms with Gasteiger partial charge >= 0.3 is 6.09 Å². The van der Waals surface area contributed by atoms with Crippen molar-refractivity contribution in [2.75, 3.05) is 37.4 Å². The molecule has 0 unspecified atom stereocenters. The number of hydrogen-bond donors (Lipinski definition) is 2. The molecule has 0 aromatic carbocycles. The lowest BCUT2D eigenvalue weighted by Crippen LogP contribution is -2.63. The summed E-state index contributed by atoms with van der Waals surface area (Å²) in [6.45, 7) is 7.99. The highest BCUT2D eigenvalue weighted by Crippen LogP contribution is 2.32. The molecule has 1 aliphatic heterocycles. The molecule has 1 aromatic heterocycles. The van der Waals surface area contributed by atoms with E-state index in [0.717, 1.165) is 5.69 Å². The summed E-state index contributed by atoms with van der Waals surface area (Å²) in [6, 6.07) is 1.63. The van der Waals surface area contributed by atoms with Gasteiger partial charge in [-0.2, -0.15) is 0 Å². The van der Waals surface area contributed by atoms with Crippen LogP contribution in [0.4, 0.5) is 16.3 Å². The number of rotatable bonds is 2. The Morgan fingerprint density at radius 3 is 2.62 bits per heavy atom. The van der Waals surface area contributed by atoms with Gasteiger partial charge in [0.15, 0.2) is 5.72 Å². The number of piperazine rings is 1. The minimum atomic E-state index is -1.38. The molecular formula is C16H26N4O4. The van der Waals surface area contributed by atoms with Gasteiger partial charge in [-0.25, -0.2) is 9.78 Å². The normalized spacial score (nSPS) is 21.6. The number of pyridine rings is 1. The average molecular weight is 338 g/mol. The third-order valence-corrected chi connectivity index (χ3v) is 3.71. The highest BCUT2D eigenvalue weighted by atomic mass is 16.6. The zero-order valence-corrected chi connectivity index (χ0v) is 14.9. The third kappa shape index (κ3) is 4.00. The maximum atomic E-state index is 12.3. The topological polar surface area (TPSA) is 101 Å². The first kappa shape index (κ1) is 18.1. The molecular weight excluding hydrogens is 312 g/mol. The van der Waals surface area contributed by atoms with E-state index in [-0.39, 0.29) is 6.54 Å². The fourth-order valence-corrected chi connectivity index (χ4v) is 2.64. The summed E-state index contributed by atoms with van der Waals surface area (Å²) in [4.78, 5) is 19.6. The van der Waals surface area contributed by atoms with E-state index in [0.29, 0.717) is 24.7 Å². The number of anilines is 2. The van der Waals surface area contributed by atoms with Crippen molar-refractivity contribution >= 4 is 17.6 Å². The summed E-state index contributed by atoms with van der Waals surface area (Å²) in [5.74, 6) is 0.929. The van der Waals surface area contributed by atoms with Crippen LogP contribution in [0.1, 0.15) is 27.7 Å². The molecule has 3 N–H and O–H groups in total. The summed E-state index contributed by atoms with van der Waals surface area (Å²) >= 11 is 0. The largest absolute Gasteiger partial charge is 0.494 e. The Balaban J connectivity index is 2.18. The van der Waals surface area contributed by atoms with Crippen molar-refractivity contribution in [3.8, 4) is 5.75 Å². The van der Waals surface area contributed by atoms with Crippen molar-refractivity contribution in [3.63, 3.8) is 0 Å². The summed E-state index contributed by atoms with van der Waals surface area (Å²) in [5.41, 5.74) is 4.40. The van der Waals surface area contributed by atoms with Crippen molar-refractivity contribution < 1.29 is 19.4 Å². The van der Waals surface area contributed by atoms with Gasteiger partial charge in [-0.05, 0) is 27.7 Å². The summed E-state index contributed by atoms with van der Waals surface area (Å²) < 4.78 is 10.7. The van der Waals surface area contributed by atoms with Gasteiger partial charge in [0, 0.05) is 19.2 Å². The molecule has 1 aromatic rings. The summed E-state index contributed by atoms with van der Waals surface area (Å²) in [5, 5.41) is 10.7. The number of amides is 1. The Morgan fingerprint density at radius 2 is 2.08 bits per heavy atom. The number of nitrogens with two attached hydrogens (primary N) is 1. The van der Waals surface area contributed by atoms with Crippen LogP contribution in [0.2, 0.25) is 0 Å². The minimum absolute atomic E-state index is 0.203. The lowest BCUT2D eigenvalue weighted by atomic mass is 10.1. The van der Waals surface area contributed by atoms with Crippen LogP contribution in [0.3, 0.4) is 0 Å². The molecule has 2 heterocycles. The molecule has 1 fully saturated rings. The molecule has 1 saturated heterocycles. The van der Waals surface area contributed by atoms with Gasteiger partial charge in [0.2, 0.25) is 0 Å². The van der Waals surface area contributed by atoms with Crippen molar-refractivity contribution in [2.45, 2.75) is 39.0 Å². The van der Waals surface area contributed by atoms with E-state index < -0.39 is 17.4 Å². The molecule has 1 amide bonds. The predicted octanol–water partition coefficient (Wildman–Crippen LogP) is 1.44. The number of methoxy groups -OCH3 is 1. The lowest BCUT2D eigenvalue weighted by molar-refractivity contribution is -0.0976. The first-order chi connectivity index (χ1) is 11.0. The van der Waals surface area contributed by atoms with Crippen LogP contribution < -0.4 is 15.4 Å². The fraction of sp³-hybridized carbons (Fsp3) is 0.625. The number of hydrogen-bond acceptors (Lipinski definition) is 7. The molecule has 2 rings (SSSR count). The standard InChI is InChI=1S/C16H26N4O4/c1-15(2,3)24-14(21)20-7-6-19(10-16(20,4)22)11-9-18-13(17)8-12(11)23-5/h8-9,22H,6-7,10H2,1-5H3,(H2,17,18)/t16-/m0/s1. The molecule has 0 spiro atoms. The Labute approximate surface area is 142 Å². The zero-order valence-electron chi connectivity index (χ0n) is 14.9. The number of nitrogens with zero attached hydrogens (tertiary/aromatic N) is 3. The minimum Gasteiger partial charge on any atom is -0.494 e. The Morgan fingerprint density at radius 1 is 1.42 bits per heavy atom. The smallest absolute Gasteiger partial charge is 0.412 e. The molecule has 1 atom stereocenters. The summed E-state index contributed by atoms with van der Waals surface area (Å²) in [6.07, 6.45) is 1.07. The van der Waals surface area contributed by atoms with Crippen molar-refractivity contribution in [2.24, 2.45) is 0 Å². The molecule has 0 aliphatic carbocycles. The van der Waals surface area contributed by atoms with E-state index in [1.807, 2.05) is 4.90 Å². The van der Waals surface area contributed by atoms with Crippen LogP contribution in [-0.2, 0) is 4.74 Å². The number of aromatic nitrogens is 1. The third-order valence-electron chi connectivity index (χ3n) is 3.71. The molecule has 24 heavy (non-hydrogen) atoms. The van der Waals surface area contributed by atoms with Gasteiger partial charge in [-0.1, -0.05) is 0 Å². The maximum Gasteiger partial charge on any atom is 0.412 e. The van der Waals surface area contributed by atoms with Crippen molar-refractivity contribution in [3.05, 3.63) is 12.3 Å². The molecule has 0 saturated carbocycles. The van der Waals surface area contributed by atoms with Gasteiger partial charge in [0.25, 0.3) is 0 Å². The molecule has 0 radical (unpaired) electrons. The van der Waals surface area contributed by atoms with E-state index in [1.165, 1.54) is 4.90 Å². The quantitative estimate of drug-likeness (QED) is 0.841. The van der Waals surface area contributed by atoms with Crippen molar-refractivity contribution in [1.82, 2.24) is 9.88 Å². The highest BCUT2D eigenvalue weighted by Gasteiger charge is 2.41. The second-order valence-electron chi connectivity index (χ2n) is 7.05. The van der Waals surface area contributed by atoms with Gasteiger partial charge < -0.3 is 25.2 Å². The van der Waals surface area contributed by atoms with E-state index in [4.69, 9.17) is 15.2 Å². The molecule has 8 nitrogen and oxygen atoms in total. The number of carbonyl (C=O) groups is 1. The Hall–Kier alpha value is -2.22. The van der Waals surface area contributed by atoms with Crippen LogP contribution in [-0.4, -0.2) is 59.2 Å². The Kier molecular flexibility index (Phi) is 4.80. The number of carbonyl (C=O) groups excluding carboxylic acids is 1. The number of ether oxygens (including phenoxy) is 2. The molecule has 0 bridgehead atoms. The van der Waals surface area contributed by atoms with Gasteiger partial charge in [-0.15, -0.1) is 0 Å². The monoisotopic (exact) mass is 338 g/mol. The van der Waals surface area contributed by atoms with Crippen LogP contribution in [0, 0.1) is 0 Å². The number of β-amino-alcohol motifs (C(OH)–C–C–N with tert-alkyl or cyclic N) is 1. The predicted molar refractivity (Wildman–Crippen MR) is 91.0 cm³/mol. The zero-order chi connectivity index (χ0) is 18.1. The van der Waals surface area contributed by atoms with Gasteiger partial charge in [0.05, 0.1) is 25.5 Å². The first-order valence-corrected chi connectivity index (χ1v) is 7.81. The molecule has 8 heteroatoms. The Bertz CT molecular complexity index is 613. The van der Waals surface area contributed by atoms with Crippen LogP contribution in [0.15, 0.2) is 12.3 Å². The van der Waals surface area contributed by atoms with E-state index in [1.54, 1.807) is 47.1 Å². The van der Waals surface area contributed by atoms with Gasteiger partial charge in [-0.3, -0.25) is 4.90 Å². The number of nitrogen functional groups attached to an aromatic ring is 1. The second kappa shape index (κ2) is 6.35. The van der Waals surface area contributed by atoms with Gasteiger partial charge in [0.1, 0.15) is 17.2 Å². The van der Waals surface area contributed by atoms with Crippen LogP contribution in [0.5, 0.6) is 5.75 Å². The SMILES string of the molecule is COc1cc(N)ncc1N1CCN(C(=O)OC(C)(C)C)[C@@](C)(O)C1. The van der Waals surface area contributed by atoms with E-state index in [2.05, 4.69) is 4.98 Å². The van der Waals surface area contributed by atoms with E-state index >= 15 is 0 Å². The lowest BCUT2D eigenvalue weighted by Gasteiger charge is -2.46. The maximum absolute atomic E-state index is 12.3. The highest BCUT2D eigenvalue weighted by molar-refractivity contribution is 5.70. The molecule has 1 aliphatic rings. The second-order valence-corrected chi connectivity index (χ2v) is 7.05. The average Bonchev–Trinajstić information content (AvgIpc) is 2.43. The first-order valence-electron chi connectivity index (χ1n) is 7.81. The molecule has 134 valence electrons. The van der Waals surface area contributed by atoms with Crippen molar-refractivity contribution in [1.29, 1.82) is 0 Å². The number of aliphatic hydroxyl groups is 1. The van der Waals surface area contributed by atoms with Crippen LogP contribution in [0.25, 0.3) is 0 Å². The van der Waals surface area contributed by atoms with Crippen LogP contribution >= 0.6 is 0 Å².